The van der Waals surface area contributed by atoms with Gasteiger partial charge in [-0.3, -0.25) is 0 Å². The molecule has 1 aliphatic carbocycles. The van der Waals surface area contributed by atoms with Gasteiger partial charge in [0.25, 0.3) is 0 Å². The molecule has 3 rings (SSSR count). The minimum atomic E-state index is 0.130. The lowest BCUT2D eigenvalue weighted by atomic mass is 10.0. The first-order valence-electron chi connectivity index (χ1n) is 7.83. The molecule has 1 aliphatic rings. The number of nitrogens with two attached hydrogens (primary N) is 1. The SMILES string of the molecule is NC(CCC1CC1)c1cccc(OCc2ccccc2)c1. The zero-order valence-electron chi connectivity index (χ0n) is 12.4. The van der Waals surface area contributed by atoms with Gasteiger partial charge in [-0.2, -0.15) is 0 Å². The van der Waals surface area contributed by atoms with E-state index >= 15 is 0 Å². The van der Waals surface area contributed by atoms with Gasteiger partial charge in [0, 0.05) is 6.04 Å². The van der Waals surface area contributed by atoms with Crippen LogP contribution in [0.2, 0.25) is 0 Å². The summed E-state index contributed by atoms with van der Waals surface area (Å²) >= 11 is 0. The van der Waals surface area contributed by atoms with Crippen LogP contribution in [0, 0.1) is 5.92 Å². The summed E-state index contributed by atoms with van der Waals surface area (Å²) in [5, 5.41) is 0. The molecule has 21 heavy (non-hydrogen) atoms. The van der Waals surface area contributed by atoms with Crippen LogP contribution in [-0.4, -0.2) is 0 Å². The molecule has 0 bridgehead atoms. The maximum Gasteiger partial charge on any atom is 0.120 e. The number of hydrogen-bond acceptors (Lipinski definition) is 2. The Kier molecular flexibility index (Phi) is 4.56. The molecular formula is C19H23NO. The summed E-state index contributed by atoms with van der Waals surface area (Å²) in [5.74, 6) is 1.84. The smallest absolute Gasteiger partial charge is 0.120 e. The molecule has 1 unspecified atom stereocenters. The minimum absolute atomic E-state index is 0.130. The van der Waals surface area contributed by atoms with Crippen molar-refractivity contribution in [1.82, 2.24) is 0 Å². The van der Waals surface area contributed by atoms with Crippen LogP contribution in [0.4, 0.5) is 0 Å². The van der Waals surface area contributed by atoms with Crippen LogP contribution in [0.15, 0.2) is 54.6 Å². The summed E-state index contributed by atoms with van der Waals surface area (Å²) in [5.41, 5.74) is 8.65. The first-order chi connectivity index (χ1) is 10.3. The van der Waals surface area contributed by atoms with Crippen molar-refractivity contribution in [3.05, 3.63) is 65.7 Å². The molecule has 0 heterocycles. The Bertz CT molecular complexity index is 563. The fourth-order valence-electron chi connectivity index (χ4n) is 2.56. The van der Waals surface area contributed by atoms with Crippen LogP contribution in [0.5, 0.6) is 5.75 Å². The van der Waals surface area contributed by atoms with Gasteiger partial charge in [-0.15, -0.1) is 0 Å². The van der Waals surface area contributed by atoms with E-state index in [1.54, 1.807) is 0 Å². The zero-order valence-corrected chi connectivity index (χ0v) is 12.4. The van der Waals surface area contributed by atoms with Crippen molar-refractivity contribution in [2.75, 3.05) is 0 Å². The van der Waals surface area contributed by atoms with Crippen molar-refractivity contribution in [3.8, 4) is 5.75 Å². The second-order valence-corrected chi connectivity index (χ2v) is 5.97. The lowest BCUT2D eigenvalue weighted by Gasteiger charge is -2.13. The van der Waals surface area contributed by atoms with Gasteiger partial charge in [0.05, 0.1) is 0 Å². The summed E-state index contributed by atoms with van der Waals surface area (Å²) in [4.78, 5) is 0. The lowest BCUT2D eigenvalue weighted by molar-refractivity contribution is 0.305. The Morgan fingerprint density at radius 3 is 2.62 bits per heavy atom. The maximum absolute atomic E-state index is 6.29. The fraction of sp³-hybridized carbons (Fsp3) is 0.368. The molecular weight excluding hydrogens is 258 g/mol. The van der Waals surface area contributed by atoms with Crippen molar-refractivity contribution >= 4 is 0 Å². The van der Waals surface area contributed by atoms with Crippen LogP contribution in [-0.2, 0) is 6.61 Å². The average molecular weight is 281 g/mol. The molecule has 0 amide bonds. The molecule has 0 spiro atoms. The molecule has 0 aromatic heterocycles. The third-order valence-electron chi connectivity index (χ3n) is 4.12. The highest BCUT2D eigenvalue weighted by Crippen LogP contribution is 2.35. The quantitative estimate of drug-likeness (QED) is 0.813. The highest BCUT2D eigenvalue weighted by atomic mass is 16.5. The molecule has 0 aliphatic heterocycles. The predicted molar refractivity (Wildman–Crippen MR) is 86.1 cm³/mol. The first-order valence-corrected chi connectivity index (χ1v) is 7.83. The summed E-state index contributed by atoms with van der Waals surface area (Å²) in [7, 11) is 0. The van der Waals surface area contributed by atoms with Crippen molar-refractivity contribution in [2.24, 2.45) is 11.7 Å². The molecule has 1 saturated carbocycles. The van der Waals surface area contributed by atoms with Crippen molar-refractivity contribution < 1.29 is 4.74 Å². The molecule has 2 aromatic rings. The maximum atomic E-state index is 6.29. The number of ether oxygens (including phenoxy) is 1. The Labute approximate surface area is 126 Å². The van der Waals surface area contributed by atoms with E-state index in [1.807, 2.05) is 30.3 Å². The third kappa shape index (κ3) is 4.33. The first kappa shape index (κ1) is 14.2. The van der Waals surface area contributed by atoms with Gasteiger partial charge in [0.1, 0.15) is 12.4 Å². The van der Waals surface area contributed by atoms with E-state index in [0.29, 0.717) is 6.61 Å². The van der Waals surface area contributed by atoms with Crippen LogP contribution < -0.4 is 10.5 Å². The fourth-order valence-corrected chi connectivity index (χ4v) is 2.56. The Balaban J connectivity index is 1.56. The predicted octanol–water partition coefficient (Wildman–Crippen LogP) is 4.46. The van der Waals surface area contributed by atoms with Gasteiger partial charge in [0.2, 0.25) is 0 Å². The van der Waals surface area contributed by atoms with E-state index in [1.165, 1.54) is 30.4 Å². The molecule has 2 N–H and O–H groups in total. The Morgan fingerprint density at radius 2 is 1.86 bits per heavy atom. The molecule has 2 heteroatoms. The molecule has 0 radical (unpaired) electrons. The monoisotopic (exact) mass is 281 g/mol. The van der Waals surface area contributed by atoms with E-state index in [-0.39, 0.29) is 6.04 Å². The molecule has 2 nitrogen and oxygen atoms in total. The summed E-state index contributed by atoms with van der Waals surface area (Å²) < 4.78 is 5.87. The van der Waals surface area contributed by atoms with Gasteiger partial charge in [0.15, 0.2) is 0 Å². The van der Waals surface area contributed by atoms with Crippen molar-refractivity contribution in [2.45, 2.75) is 38.3 Å². The molecule has 110 valence electrons. The Hall–Kier alpha value is -1.80. The van der Waals surface area contributed by atoms with E-state index in [4.69, 9.17) is 10.5 Å². The van der Waals surface area contributed by atoms with E-state index in [0.717, 1.165) is 18.1 Å². The van der Waals surface area contributed by atoms with Crippen LogP contribution >= 0.6 is 0 Å². The van der Waals surface area contributed by atoms with Crippen molar-refractivity contribution in [1.29, 1.82) is 0 Å². The number of hydrogen-bond donors (Lipinski definition) is 1. The third-order valence-corrected chi connectivity index (χ3v) is 4.12. The molecule has 0 saturated heterocycles. The molecule has 1 atom stereocenters. The molecule has 1 fully saturated rings. The van der Waals surface area contributed by atoms with Gasteiger partial charge in [-0.1, -0.05) is 55.3 Å². The van der Waals surface area contributed by atoms with Crippen LogP contribution in [0.25, 0.3) is 0 Å². The van der Waals surface area contributed by atoms with Crippen molar-refractivity contribution in [3.63, 3.8) is 0 Å². The number of benzene rings is 2. The summed E-state index contributed by atoms with van der Waals surface area (Å²) in [6.07, 6.45) is 5.13. The second kappa shape index (κ2) is 6.77. The Morgan fingerprint density at radius 1 is 1.05 bits per heavy atom. The van der Waals surface area contributed by atoms with Gasteiger partial charge in [-0.05, 0) is 42.0 Å². The van der Waals surface area contributed by atoms with E-state index in [2.05, 4.69) is 24.3 Å². The number of rotatable bonds is 7. The largest absolute Gasteiger partial charge is 0.489 e. The minimum Gasteiger partial charge on any atom is -0.489 e. The lowest BCUT2D eigenvalue weighted by Crippen LogP contribution is -2.10. The molecule has 2 aromatic carbocycles. The topological polar surface area (TPSA) is 35.2 Å². The highest BCUT2D eigenvalue weighted by molar-refractivity contribution is 5.30. The standard InChI is InChI=1S/C19H23NO/c20-19(12-11-15-9-10-15)17-7-4-8-18(13-17)21-14-16-5-2-1-3-6-16/h1-8,13,15,19H,9-12,14,20H2. The van der Waals surface area contributed by atoms with Gasteiger partial charge >= 0.3 is 0 Å². The summed E-state index contributed by atoms with van der Waals surface area (Å²) in [6.45, 7) is 0.599. The van der Waals surface area contributed by atoms with E-state index < -0.39 is 0 Å². The van der Waals surface area contributed by atoms with Gasteiger partial charge in [-0.25, -0.2) is 0 Å². The van der Waals surface area contributed by atoms with E-state index in [9.17, 15) is 0 Å². The highest BCUT2D eigenvalue weighted by Gasteiger charge is 2.22. The zero-order chi connectivity index (χ0) is 14.5. The summed E-state index contributed by atoms with van der Waals surface area (Å²) in [6, 6.07) is 18.6. The normalized spacial score (nSPS) is 15.7. The second-order valence-electron chi connectivity index (χ2n) is 5.97. The average Bonchev–Trinajstić information content (AvgIpc) is 3.36. The van der Waals surface area contributed by atoms with Gasteiger partial charge < -0.3 is 10.5 Å². The van der Waals surface area contributed by atoms with Crippen LogP contribution in [0.3, 0.4) is 0 Å². The van der Waals surface area contributed by atoms with Crippen LogP contribution in [0.1, 0.15) is 42.9 Å².